The first-order chi connectivity index (χ1) is 7.18. The minimum atomic E-state index is 0.152. The van der Waals surface area contributed by atoms with Crippen molar-refractivity contribution in [2.45, 2.75) is 26.2 Å². The Morgan fingerprint density at radius 2 is 2.07 bits per heavy atom. The molecule has 0 atom stereocenters. The van der Waals surface area contributed by atoms with Gasteiger partial charge in [0.15, 0.2) is 0 Å². The minimum Gasteiger partial charge on any atom is -0.398 e. The van der Waals surface area contributed by atoms with Gasteiger partial charge in [0.2, 0.25) is 0 Å². The van der Waals surface area contributed by atoms with E-state index in [1.54, 1.807) is 6.07 Å². The third-order valence-electron chi connectivity index (χ3n) is 2.81. The summed E-state index contributed by atoms with van der Waals surface area (Å²) in [6.45, 7) is 3.75. The second-order valence-electron chi connectivity index (χ2n) is 3.98. The highest BCUT2D eigenvalue weighted by atomic mass is 32.1. The van der Waals surface area contributed by atoms with Crippen molar-refractivity contribution in [3.63, 3.8) is 0 Å². The average molecular weight is 224 g/mol. The Kier molecular flexibility index (Phi) is 2.95. The fourth-order valence-electron chi connectivity index (χ4n) is 1.85. The van der Waals surface area contributed by atoms with Crippen molar-refractivity contribution < 1.29 is 4.79 Å². The zero-order valence-electron chi connectivity index (χ0n) is 8.95. The highest BCUT2D eigenvalue weighted by Crippen LogP contribution is 2.25. The lowest BCUT2D eigenvalue weighted by molar-refractivity contribution is 0.0729. The first kappa shape index (κ1) is 10.5. The maximum absolute atomic E-state index is 12.0. The predicted molar refractivity (Wildman–Crippen MR) is 63.2 cm³/mol. The van der Waals surface area contributed by atoms with E-state index in [1.165, 1.54) is 17.8 Å². The van der Waals surface area contributed by atoms with Crippen LogP contribution in [0, 0.1) is 6.92 Å². The van der Waals surface area contributed by atoms with Crippen LogP contribution in [0.2, 0.25) is 0 Å². The molecule has 1 aliphatic heterocycles. The quantitative estimate of drug-likeness (QED) is 0.795. The van der Waals surface area contributed by atoms with Crippen LogP contribution in [0.4, 0.5) is 5.69 Å². The number of anilines is 1. The number of rotatable bonds is 1. The van der Waals surface area contributed by atoms with Crippen LogP contribution in [0.25, 0.3) is 0 Å². The number of hydrogen-bond donors (Lipinski definition) is 1. The van der Waals surface area contributed by atoms with Gasteiger partial charge in [-0.2, -0.15) is 0 Å². The average Bonchev–Trinajstić information content (AvgIpc) is 2.59. The van der Waals surface area contributed by atoms with Crippen molar-refractivity contribution in [3.05, 3.63) is 15.8 Å². The first-order valence-electron chi connectivity index (χ1n) is 5.33. The fourth-order valence-corrected chi connectivity index (χ4v) is 2.76. The molecule has 1 aliphatic rings. The van der Waals surface area contributed by atoms with E-state index in [4.69, 9.17) is 5.73 Å². The van der Waals surface area contributed by atoms with Gasteiger partial charge in [-0.25, -0.2) is 0 Å². The molecule has 1 aromatic heterocycles. The summed E-state index contributed by atoms with van der Waals surface area (Å²) < 4.78 is 0. The van der Waals surface area contributed by atoms with Crippen LogP contribution in [0.1, 0.15) is 33.8 Å². The van der Waals surface area contributed by atoms with E-state index in [0.29, 0.717) is 0 Å². The van der Waals surface area contributed by atoms with Gasteiger partial charge in [-0.1, -0.05) is 0 Å². The Morgan fingerprint density at radius 1 is 1.40 bits per heavy atom. The third-order valence-corrected chi connectivity index (χ3v) is 3.86. The molecule has 0 radical (unpaired) electrons. The number of nitrogen functional groups attached to an aromatic ring is 1. The minimum absolute atomic E-state index is 0.152. The Hall–Kier alpha value is -1.03. The van der Waals surface area contributed by atoms with Gasteiger partial charge in [-0.3, -0.25) is 4.79 Å². The highest BCUT2D eigenvalue weighted by molar-refractivity contribution is 7.14. The number of thiophene rings is 1. The molecule has 0 saturated carbocycles. The van der Waals surface area contributed by atoms with Crippen molar-refractivity contribution in [1.82, 2.24) is 4.90 Å². The standard InChI is InChI=1S/C11H16N2OS/c1-8-9(12)7-10(15-8)11(14)13-5-3-2-4-6-13/h7H,2-6,12H2,1H3. The van der Waals surface area contributed by atoms with E-state index in [-0.39, 0.29) is 5.91 Å². The molecular formula is C11H16N2OS. The number of piperidine rings is 1. The predicted octanol–water partition coefficient (Wildman–Crippen LogP) is 2.26. The molecule has 0 spiro atoms. The summed E-state index contributed by atoms with van der Waals surface area (Å²) in [4.78, 5) is 15.8. The molecule has 1 fully saturated rings. The lowest BCUT2D eigenvalue weighted by Gasteiger charge is -2.26. The van der Waals surface area contributed by atoms with Gasteiger partial charge in [0, 0.05) is 23.7 Å². The van der Waals surface area contributed by atoms with E-state index in [0.717, 1.165) is 41.4 Å². The van der Waals surface area contributed by atoms with Crippen LogP contribution in [-0.4, -0.2) is 23.9 Å². The number of hydrogen-bond acceptors (Lipinski definition) is 3. The van der Waals surface area contributed by atoms with E-state index >= 15 is 0 Å². The lowest BCUT2D eigenvalue weighted by Crippen LogP contribution is -2.35. The molecule has 2 N–H and O–H groups in total. The smallest absolute Gasteiger partial charge is 0.264 e. The monoisotopic (exact) mass is 224 g/mol. The molecule has 15 heavy (non-hydrogen) atoms. The van der Waals surface area contributed by atoms with E-state index in [1.807, 2.05) is 11.8 Å². The van der Waals surface area contributed by atoms with Crippen LogP contribution < -0.4 is 5.73 Å². The van der Waals surface area contributed by atoms with Crippen LogP contribution >= 0.6 is 11.3 Å². The second kappa shape index (κ2) is 4.23. The van der Waals surface area contributed by atoms with Gasteiger partial charge in [0.05, 0.1) is 4.88 Å². The van der Waals surface area contributed by atoms with Crippen molar-refractivity contribution >= 4 is 22.9 Å². The zero-order valence-corrected chi connectivity index (χ0v) is 9.77. The van der Waals surface area contributed by atoms with Crippen molar-refractivity contribution in [3.8, 4) is 0 Å². The molecule has 1 saturated heterocycles. The number of carbonyl (C=O) groups is 1. The Labute approximate surface area is 93.9 Å². The van der Waals surface area contributed by atoms with Crippen LogP contribution in [0.15, 0.2) is 6.07 Å². The molecule has 2 heterocycles. The van der Waals surface area contributed by atoms with Gasteiger partial charge in [-0.05, 0) is 32.3 Å². The van der Waals surface area contributed by atoms with Gasteiger partial charge in [0.1, 0.15) is 0 Å². The molecule has 1 amide bonds. The number of nitrogens with two attached hydrogens (primary N) is 1. The van der Waals surface area contributed by atoms with Crippen molar-refractivity contribution in [2.24, 2.45) is 0 Å². The number of amides is 1. The number of carbonyl (C=O) groups excluding carboxylic acids is 1. The molecule has 0 bridgehead atoms. The summed E-state index contributed by atoms with van der Waals surface area (Å²) in [5.74, 6) is 0.152. The summed E-state index contributed by atoms with van der Waals surface area (Å²) in [5.41, 5.74) is 6.48. The normalized spacial score (nSPS) is 16.7. The Balaban J connectivity index is 2.12. The van der Waals surface area contributed by atoms with E-state index in [2.05, 4.69) is 0 Å². The topological polar surface area (TPSA) is 46.3 Å². The summed E-state index contributed by atoms with van der Waals surface area (Å²) in [6, 6.07) is 1.80. The molecule has 2 rings (SSSR count). The number of aryl methyl sites for hydroxylation is 1. The third kappa shape index (κ3) is 2.15. The Bertz CT molecular complexity index is 347. The van der Waals surface area contributed by atoms with Crippen molar-refractivity contribution in [2.75, 3.05) is 18.8 Å². The largest absolute Gasteiger partial charge is 0.398 e. The maximum atomic E-state index is 12.0. The molecule has 1 aromatic rings. The molecule has 82 valence electrons. The SMILES string of the molecule is Cc1sc(C(=O)N2CCCCC2)cc1N. The fraction of sp³-hybridized carbons (Fsp3) is 0.545. The molecule has 0 aliphatic carbocycles. The maximum Gasteiger partial charge on any atom is 0.264 e. The molecule has 0 unspecified atom stereocenters. The molecular weight excluding hydrogens is 208 g/mol. The van der Waals surface area contributed by atoms with Crippen LogP contribution in [-0.2, 0) is 0 Å². The van der Waals surface area contributed by atoms with E-state index in [9.17, 15) is 4.79 Å². The first-order valence-corrected chi connectivity index (χ1v) is 6.15. The second-order valence-corrected chi connectivity index (χ2v) is 5.23. The molecule has 4 heteroatoms. The Morgan fingerprint density at radius 3 is 2.60 bits per heavy atom. The summed E-state index contributed by atoms with van der Waals surface area (Å²) >= 11 is 1.50. The summed E-state index contributed by atoms with van der Waals surface area (Å²) in [5, 5.41) is 0. The number of likely N-dealkylation sites (tertiary alicyclic amines) is 1. The zero-order chi connectivity index (χ0) is 10.8. The number of nitrogens with zero attached hydrogens (tertiary/aromatic N) is 1. The summed E-state index contributed by atoms with van der Waals surface area (Å²) in [6.07, 6.45) is 3.51. The highest BCUT2D eigenvalue weighted by Gasteiger charge is 2.20. The summed E-state index contributed by atoms with van der Waals surface area (Å²) in [7, 11) is 0. The molecule has 3 nitrogen and oxygen atoms in total. The molecule has 0 aromatic carbocycles. The van der Waals surface area contributed by atoms with Gasteiger partial charge >= 0.3 is 0 Å². The van der Waals surface area contributed by atoms with Crippen LogP contribution in [0.3, 0.4) is 0 Å². The van der Waals surface area contributed by atoms with Gasteiger partial charge in [-0.15, -0.1) is 11.3 Å². The van der Waals surface area contributed by atoms with Crippen LogP contribution in [0.5, 0.6) is 0 Å². The lowest BCUT2D eigenvalue weighted by atomic mass is 10.1. The van der Waals surface area contributed by atoms with Crippen molar-refractivity contribution in [1.29, 1.82) is 0 Å². The van der Waals surface area contributed by atoms with Gasteiger partial charge in [0.25, 0.3) is 5.91 Å². The van der Waals surface area contributed by atoms with E-state index < -0.39 is 0 Å². The van der Waals surface area contributed by atoms with Gasteiger partial charge < -0.3 is 10.6 Å².